The van der Waals surface area contributed by atoms with Crippen LogP contribution in [0.3, 0.4) is 0 Å². The summed E-state index contributed by atoms with van der Waals surface area (Å²) in [6.45, 7) is 3.76. The molecule has 0 aliphatic heterocycles. The lowest BCUT2D eigenvalue weighted by molar-refractivity contribution is -0.112. The fraction of sp³-hybridized carbons (Fsp3) is 0.111. The van der Waals surface area contributed by atoms with Gasteiger partial charge >= 0.3 is 0 Å². The van der Waals surface area contributed by atoms with Crippen LogP contribution in [0.4, 0.5) is 10.1 Å². The second-order valence-electron chi connectivity index (χ2n) is 4.95. The number of benzene rings is 2. The lowest BCUT2D eigenvalue weighted by Gasteiger charge is -2.10. The first-order valence-corrected chi connectivity index (χ1v) is 6.76. The number of nitrogens with zero attached hydrogens (tertiary/aromatic N) is 1. The van der Waals surface area contributed by atoms with Crippen molar-refractivity contribution in [2.45, 2.75) is 13.8 Å². The van der Waals surface area contributed by atoms with Crippen LogP contribution in [0.1, 0.15) is 16.7 Å². The molecule has 0 spiro atoms. The zero-order valence-electron chi connectivity index (χ0n) is 12.4. The van der Waals surface area contributed by atoms with E-state index in [4.69, 9.17) is 0 Å². The van der Waals surface area contributed by atoms with E-state index < -0.39 is 11.7 Å². The van der Waals surface area contributed by atoms with Gasteiger partial charge in [-0.1, -0.05) is 30.3 Å². The molecule has 0 aliphatic carbocycles. The van der Waals surface area contributed by atoms with Crippen LogP contribution in [0.15, 0.2) is 48.0 Å². The molecule has 2 aromatic rings. The highest BCUT2D eigenvalue weighted by Crippen LogP contribution is 2.20. The Morgan fingerprint density at radius 3 is 2.41 bits per heavy atom. The Hall–Kier alpha value is -2.93. The average Bonchev–Trinajstić information content (AvgIpc) is 2.48. The van der Waals surface area contributed by atoms with Crippen molar-refractivity contribution in [3.63, 3.8) is 0 Å². The van der Waals surface area contributed by atoms with Gasteiger partial charge in [0.1, 0.15) is 17.5 Å². The minimum absolute atomic E-state index is 0.0757. The number of hydrogen-bond acceptors (Lipinski definition) is 2. The molecule has 0 aliphatic rings. The molecule has 1 amide bonds. The molecule has 0 atom stereocenters. The first-order chi connectivity index (χ1) is 10.5. The van der Waals surface area contributed by atoms with E-state index in [0.717, 1.165) is 11.1 Å². The minimum atomic E-state index is -0.510. The van der Waals surface area contributed by atoms with Gasteiger partial charge < -0.3 is 5.32 Å². The zero-order valence-corrected chi connectivity index (χ0v) is 12.4. The third-order valence-electron chi connectivity index (χ3n) is 3.24. The van der Waals surface area contributed by atoms with Gasteiger partial charge in [-0.3, -0.25) is 4.79 Å². The number of anilines is 1. The fourth-order valence-corrected chi connectivity index (χ4v) is 2.10. The normalized spacial score (nSPS) is 10.9. The van der Waals surface area contributed by atoms with Crippen molar-refractivity contribution in [1.82, 2.24) is 0 Å². The van der Waals surface area contributed by atoms with Crippen molar-refractivity contribution in [1.29, 1.82) is 5.26 Å². The number of rotatable bonds is 3. The summed E-state index contributed by atoms with van der Waals surface area (Å²) in [5.41, 5.74) is 2.90. The van der Waals surface area contributed by atoms with E-state index in [9.17, 15) is 14.4 Å². The van der Waals surface area contributed by atoms with E-state index in [1.54, 1.807) is 6.07 Å². The first-order valence-electron chi connectivity index (χ1n) is 6.76. The third kappa shape index (κ3) is 3.58. The summed E-state index contributed by atoms with van der Waals surface area (Å²) in [4.78, 5) is 12.2. The van der Waals surface area contributed by atoms with Gasteiger partial charge in [0.05, 0.1) is 0 Å². The lowest BCUT2D eigenvalue weighted by Crippen LogP contribution is -2.15. The predicted molar refractivity (Wildman–Crippen MR) is 84.5 cm³/mol. The molecule has 1 N–H and O–H groups in total. The SMILES string of the molecule is Cc1cccc(C)c1NC(=O)/C(C#N)=C/c1cccc(F)c1. The maximum Gasteiger partial charge on any atom is 0.266 e. The van der Waals surface area contributed by atoms with Gasteiger partial charge in [-0.25, -0.2) is 4.39 Å². The van der Waals surface area contributed by atoms with Crippen LogP contribution < -0.4 is 5.32 Å². The quantitative estimate of drug-likeness (QED) is 0.687. The molecule has 110 valence electrons. The molecule has 0 unspecified atom stereocenters. The first kappa shape index (κ1) is 15.5. The summed E-state index contributed by atoms with van der Waals surface area (Å²) < 4.78 is 13.2. The van der Waals surface area contributed by atoms with Crippen molar-refractivity contribution in [2.24, 2.45) is 0 Å². The number of nitrogens with one attached hydrogen (secondary N) is 1. The van der Waals surface area contributed by atoms with Gasteiger partial charge in [-0.05, 0) is 48.7 Å². The third-order valence-corrected chi connectivity index (χ3v) is 3.24. The Balaban J connectivity index is 2.29. The number of aryl methyl sites for hydroxylation is 2. The molecule has 3 nitrogen and oxygen atoms in total. The molecular weight excluding hydrogens is 279 g/mol. The van der Waals surface area contributed by atoms with E-state index in [-0.39, 0.29) is 5.57 Å². The van der Waals surface area contributed by atoms with Crippen LogP contribution in [0, 0.1) is 31.0 Å². The van der Waals surface area contributed by atoms with Crippen LogP contribution in [0.2, 0.25) is 0 Å². The Bertz CT molecular complexity index is 768. The van der Waals surface area contributed by atoms with Gasteiger partial charge in [0.25, 0.3) is 5.91 Å². The standard InChI is InChI=1S/C18H15FN2O/c1-12-5-3-6-13(2)17(12)21-18(22)15(11-20)9-14-7-4-8-16(19)10-14/h3-10H,1-2H3,(H,21,22)/b15-9+. The largest absolute Gasteiger partial charge is 0.321 e. The van der Waals surface area contributed by atoms with Crippen LogP contribution in [0.5, 0.6) is 0 Å². The smallest absolute Gasteiger partial charge is 0.266 e. The summed E-state index contributed by atoms with van der Waals surface area (Å²) in [5.74, 6) is -0.926. The highest BCUT2D eigenvalue weighted by atomic mass is 19.1. The van der Waals surface area contributed by atoms with Crippen LogP contribution in [0.25, 0.3) is 6.08 Å². The van der Waals surface area contributed by atoms with Crippen LogP contribution >= 0.6 is 0 Å². The van der Waals surface area contributed by atoms with Gasteiger partial charge in [0.2, 0.25) is 0 Å². The van der Waals surface area contributed by atoms with Crippen molar-refractivity contribution in [3.05, 3.63) is 70.5 Å². The molecule has 0 heterocycles. The highest BCUT2D eigenvalue weighted by Gasteiger charge is 2.12. The van der Waals surface area contributed by atoms with Crippen molar-refractivity contribution in [3.8, 4) is 6.07 Å². The molecular formula is C18H15FN2O. The Morgan fingerprint density at radius 1 is 1.18 bits per heavy atom. The van der Waals surface area contributed by atoms with E-state index in [1.165, 1.54) is 24.3 Å². The molecule has 0 bridgehead atoms. The van der Waals surface area contributed by atoms with Gasteiger partial charge in [-0.2, -0.15) is 5.26 Å². The van der Waals surface area contributed by atoms with Gasteiger partial charge in [0, 0.05) is 5.69 Å². The molecule has 0 fully saturated rings. The van der Waals surface area contributed by atoms with E-state index >= 15 is 0 Å². The molecule has 2 rings (SSSR count). The number of hydrogen-bond donors (Lipinski definition) is 1. The zero-order chi connectivity index (χ0) is 16.1. The number of carbonyl (C=O) groups is 1. The predicted octanol–water partition coefficient (Wildman–Crippen LogP) is 3.99. The molecule has 0 radical (unpaired) electrons. The highest BCUT2D eigenvalue weighted by molar-refractivity contribution is 6.10. The Kier molecular flexibility index (Phi) is 4.70. The molecule has 0 saturated carbocycles. The Morgan fingerprint density at radius 2 is 1.82 bits per heavy atom. The number of halogens is 1. The maximum atomic E-state index is 13.2. The van der Waals surface area contributed by atoms with Crippen molar-refractivity contribution < 1.29 is 9.18 Å². The van der Waals surface area contributed by atoms with Crippen molar-refractivity contribution >= 4 is 17.7 Å². The topological polar surface area (TPSA) is 52.9 Å². The summed E-state index contributed by atoms with van der Waals surface area (Å²) >= 11 is 0. The number of amides is 1. The van der Waals surface area contributed by atoms with E-state index in [1.807, 2.05) is 38.1 Å². The summed E-state index contributed by atoms with van der Waals surface area (Å²) in [5, 5.41) is 11.9. The monoisotopic (exact) mass is 294 g/mol. The van der Waals surface area contributed by atoms with E-state index in [0.29, 0.717) is 11.3 Å². The second kappa shape index (κ2) is 6.68. The number of carbonyl (C=O) groups excluding carboxylic acids is 1. The average molecular weight is 294 g/mol. The minimum Gasteiger partial charge on any atom is -0.321 e. The fourth-order valence-electron chi connectivity index (χ4n) is 2.10. The number of para-hydroxylation sites is 1. The molecule has 22 heavy (non-hydrogen) atoms. The molecule has 2 aromatic carbocycles. The van der Waals surface area contributed by atoms with E-state index in [2.05, 4.69) is 5.32 Å². The van der Waals surface area contributed by atoms with Crippen molar-refractivity contribution in [2.75, 3.05) is 5.32 Å². The maximum absolute atomic E-state index is 13.2. The molecule has 0 aromatic heterocycles. The number of nitriles is 1. The van der Waals surface area contributed by atoms with Crippen LogP contribution in [-0.4, -0.2) is 5.91 Å². The summed E-state index contributed by atoms with van der Waals surface area (Å²) in [6.07, 6.45) is 1.37. The molecule has 0 saturated heterocycles. The Labute approximate surface area is 128 Å². The van der Waals surface area contributed by atoms with Gasteiger partial charge in [-0.15, -0.1) is 0 Å². The van der Waals surface area contributed by atoms with Crippen LogP contribution in [-0.2, 0) is 4.79 Å². The lowest BCUT2D eigenvalue weighted by atomic mass is 10.1. The molecule has 4 heteroatoms. The second-order valence-corrected chi connectivity index (χ2v) is 4.95. The summed E-state index contributed by atoms with van der Waals surface area (Å²) in [7, 11) is 0. The summed E-state index contributed by atoms with van der Waals surface area (Å²) in [6, 6.07) is 13.2. The van der Waals surface area contributed by atoms with Gasteiger partial charge in [0.15, 0.2) is 0 Å².